The molecule has 0 fully saturated rings. The van der Waals surface area contributed by atoms with Crippen LogP contribution in [0.3, 0.4) is 0 Å². The third kappa shape index (κ3) is 2.54. The SMILES string of the molecule is CC(=O)OCC(=N)c1sc2ccc(Cl)cc2c1C. The van der Waals surface area contributed by atoms with Gasteiger partial charge in [0.25, 0.3) is 0 Å². The fourth-order valence-corrected chi connectivity index (χ4v) is 3.02. The number of hydrogen-bond donors (Lipinski definition) is 1. The van der Waals surface area contributed by atoms with Gasteiger partial charge in [0, 0.05) is 16.6 Å². The Morgan fingerprint density at radius 2 is 2.22 bits per heavy atom. The van der Waals surface area contributed by atoms with Crippen molar-refractivity contribution in [1.82, 2.24) is 0 Å². The van der Waals surface area contributed by atoms with Crippen molar-refractivity contribution in [2.45, 2.75) is 13.8 Å². The maximum absolute atomic E-state index is 10.7. The average molecular weight is 282 g/mol. The van der Waals surface area contributed by atoms with E-state index in [-0.39, 0.29) is 12.6 Å². The number of thiophene rings is 1. The number of carbonyl (C=O) groups is 1. The van der Waals surface area contributed by atoms with Crippen molar-refractivity contribution < 1.29 is 9.53 Å². The van der Waals surface area contributed by atoms with E-state index in [1.807, 2.05) is 25.1 Å². The molecule has 1 aromatic carbocycles. The third-order valence-corrected chi connectivity index (χ3v) is 4.16. The Hall–Kier alpha value is -1.39. The summed E-state index contributed by atoms with van der Waals surface area (Å²) in [5.41, 5.74) is 1.33. The first-order valence-electron chi connectivity index (χ1n) is 5.39. The topological polar surface area (TPSA) is 50.2 Å². The molecule has 1 aromatic heterocycles. The van der Waals surface area contributed by atoms with E-state index in [9.17, 15) is 4.79 Å². The minimum Gasteiger partial charge on any atom is -0.459 e. The Kier molecular flexibility index (Phi) is 3.68. The summed E-state index contributed by atoms with van der Waals surface area (Å²) in [5.74, 6) is -0.374. The van der Waals surface area contributed by atoms with Crippen LogP contribution < -0.4 is 0 Å². The summed E-state index contributed by atoms with van der Waals surface area (Å²) >= 11 is 7.48. The number of rotatable bonds is 3. The molecule has 5 heteroatoms. The molecule has 0 aliphatic heterocycles. The number of esters is 1. The molecule has 94 valence electrons. The zero-order valence-corrected chi connectivity index (χ0v) is 11.6. The number of fused-ring (bicyclic) bond motifs is 1. The highest BCUT2D eigenvalue weighted by Gasteiger charge is 2.13. The van der Waals surface area contributed by atoms with Crippen molar-refractivity contribution in [3.8, 4) is 0 Å². The summed E-state index contributed by atoms with van der Waals surface area (Å²) in [6.07, 6.45) is 0. The van der Waals surface area contributed by atoms with Gasteiger partial charge >= 0.3 is 5.97 Å². The van der Waals surface area contributed by atoms with Gasteiger partial charge in [-0.05, 0) is 36.1 Å². The van der Waals surface area contributed by atoms with E-state index in [1.165, 1.54) is 18.3 Å². The maximum Gasteiger partial charge on any atom is 0.303 e. The fraction of sp³-hybridized carbons (Fsp3) is 0.231. The number of halogens is 1. The van der Waals surface area contributed by atoms with Gasteiger partial charge in [0.1, 0.15) is 6.61 Å². The molecule has 1 N–H and O–H groups in total. The Morgan fingerprint density at radius 3 is 2.89 bits per heavy atom. The lowest BCUT2D eigenvalue weighted by Gasteiger charge is -2.03. The molecule has 2 aromatic rings. The molecule has 0 spiro atoms. The normalized spacial score (nSPS) is 10.6. The van der Waals surface area contributed by atoms with E-state index >= 15 is 0 Å². The average Bonchev–Trinajstić information content (AvgIpc) is 2.64. The summed E-state index contributed by atoms with van der Waals surface area (Å²) in [6.45, 7) is 3.30. The van der Waals surface area contributed by atoms with E-state index in [1.54, 1.807) is 0 Å². The number of hydrogen-bond acceptors (Lipinski definition) is 4. The summed E-state index contributed by atoms with van der Waals surface area (Å²) in [6, 6.07) is 5.67. The van der Waals surface area contributed by atoms with Crippen molar-refractivity contribution >= 4 is 44.7 Å². The lowest BCUT2D eigenvalue weighted by Crippen LogP contribution is -2.11. The van der Waals surface area contributed by atoms with Crippen molar-refractivity contribution in [2.75, 3.05) is 6.61 Å². The summed E-state index contributed by atoms with van der Waals surface area (Å²) in [4.78, 5) is 11.6. The van der Waals surface area contributed by atoms with E-state index in [2.05, 4.69) is 0 Å². The van der Waals surface area contributed by atoms with Gasteiger partial charge in [-0.1, -0.05) is 11.6 Å². The molecule has 18 heavy (non-hydrogen) atoms. The first-order chi connectivity index (χ1) is 8.49. The second kappa shape index (κ2) is 5.08. The largest absolute Gasteiger partial charge is 0.459 e. The highest BCUT2D eigenvalue weighted by molar-refractivity contribution is 7.21. The van der Waals surface area contributed by atoms with Gasteiger partial charge in [0.2, 0.25) is 0 Å². The lowest BCUT2D eigenvalue weighted by atomic mass is 10.1. The van der Waals surface area contributed by atoms with Gasteiger partial charge in [0.05, 0.1) is 10.6 Å². The van der Waals surface area contributed by atoms with Crippen LogP contribution in [0.1, 0.15) is 17.4 Å². The van der Waals surface area contributed by atoms with Gasteiger partial charge in [-0.25, -0.2) is 0 Å². The van der Waals surface area contributed by atoms with Gasteiger partial charge < -0.3 is 10.1 Å². The Morgan fingerprint density at radius 1 is 1.50 bits per heavy atom. The zero-order chi connectivity index (χ0) is 13.3. The number of benzene rings is 1. The second-order valence-corrected chi connectivity index (χ2v) is 5.44. The van der Waals surface area contributed by atoms with Crippen LogP contribution in [-0.2, 0) is 9.53 Å². The quantitative estimate of drug-likeness (QED) is 0.687. The Labute approximate surface area is 114 Å². The molecular weight excluding hydrogens is 270 g/mol. The molecule has 0 amide bonds. The first-order valence-corrected chi connectivity index (χ1v) is 6.58. The highest BCUT2D eigenvalue weighted by atomic mass is 35.5. The van der Waals surface area contributed by atoms with Crippen molar-refractivity contribution in [2.24, 2.45) is 0 Å². The molecule has 0 saturated carbocycles. The van der Waals surface area contributed by atoms with E-state index in [0.717, 1.165) is 20.5 Å². The number of ether oxygens (including phenoxy) is 1. The van der Waals surface area contributed by atoms with Crippen molar-refractivity contribution in [1.29, 1.82) is 5.41 Å². The van der Waals surface area contributed by atoms with E-state index in [4.69, 9.17) is 21.7 Å². The minimum absolute atomic E-state index is 0.0106. The molecule has 1 heterocycles. The molecule has 3 nitrogen and oxygen atoms in total. The van der Waals surface area contributed by atoms with Gasteiger partial charge in [-0.3, -0.25) is 4.79 Å². The lowest BCUT2D eigenvalue weighted by molar-refractivity contribution is -0.139. The van der Waals surface area contributed by atoms with Crippen LogP contribution in [0.2, 0.25) is 5.02 Å². The van der Waals surface area contributed by atoms with Crippen molar-refractivity contribution in [3.63, 3.8) is 0 Å². The van der Waals surface area contributed by atoms with E-state index < -0.39 is 0 Å². The third-order valence-electron chi connectivity index (χ3n) is 2.59. The molecule has 0 radical (unpaired) electrons. The van der Waals surface area contributed by atoms with Crippen LogP contribution in [0.5, 0.6) is 0 Å². The van der Waals surface area contributed by atoms with Crippen LogP contribution in [0.4, 0.5) is 0 Å². The molecule has 0 atom stereocenters. The summed E-state index contributed by atoms with van der Waals surface area (Å²) < 4.78 is 5.93. The zero-order valence-electron chi connectivity index (χ0n) is 10.0. The number of carbonyl (C=O) groups excluding carboxylic acids is 1. The van der Waals surface area contributed by atoms with Crippen LogP contribution in [0.25, 0.3) is 10.1 Å². The molecule has 0 unspecified atom stereocenters. The fourth-order valence-electron chi connectivity index (χ4n) is 1.72. The molecule has 0 bridgehead atoms. The van der Waals surface area contributed by atoms with Crippen LogP contribution in [0.15, 0.2) is 18.2 Å². The molecule has 0 aliphatic rings. The van der Waals surface area contributed by atoms with Gasteiger partial charge in [0.15, 0.2) is 0 Å². The molecular formula is C13H12ClNO2S. The Bertz CT molecular complexity index is 633. The van der Waals surface area contributed by atoms with Gasteiger partial charge in [-0.15, -0.1) is 11.3 Å². The van der Waals surface area contributed by atoms with E-state index in [0.29, 0.717) is 10.7 Å². The molecule has 0 saturated heterocycles. The molecule has 0 aliphatic carbocycles. The standard InChI is InChI=1S/C13H12ClNO2S/c1-7-10-5-9(14)3-4-12(10)18-13(7)11(15)6-17-8(2)16/h3-5,15H,6H2,1-2H3. The predicted molar refractivity (Wildman–Crippen MR) is 75.0 cm³/mol. The van der Waals surface area contributed by atoms with Crippen LogP contribution in [-0.4, -0.2) is 18.3 Å². The van der Waals surface area contributed by atoms with Crippen LogP contribution in [0, 0.1) is 12.3 Å². The molecule has 2 rings (SSSR count). The summed E-state index contributed by atoms with van der Waals surface area (Å²) in [5, 5.41) is 9.68. The first kappa shape index (κ1) is 13.1. The number of aryl methyl sites for hydroxylation is 1. The van der Waals surface area contributed by atoms with Gasteiger partial charge in [-0.2, -0.15) is 0 Å². The predicted octanol–water partition coefficient (Wildman–Crippen LogP) is 3.79. The minimum atomic E-state index is -0.374. The number of nitrogens with one attached hydrogen (secondary N) is 1. The second-order valence-electron chi connectivity index (χ2n) is 3.96. The Balaban J connectivity index is 2.36. The maximum atomic E-state index is 10.7. The van der Waals surface area contributed by atoms with Crippen molar-refractivity contribution in [3.05, 3.63) is 33.7 Å². The smallest absolute Gasteiger partial charge is 0.303 e. The summed E-state index contributed by atoms with van der Waals surface area (Å²) in [7, 11) is 0. The highest BCUT2D eigenvalue weighted by Crippen LogP contribution is 2.32. The monoisotopic (exact) mass is 281 g/mol. The van der Waals surface area contributed by atoms with Crippen LogP contribution >= 0.6 is 22.9 Å².